The summed E-state index contributed by atoms with van der Waals surface area (Å²) >= 11 is 3.43. The highest BCUT2D eigenvalue weighted by atomic mass is 79.9. The summed E-state index contributed by atoms with van der Waals surface area (Å²) in [5.74, 6) is 0.600. The lowest BCUT2D eigenvalue weighted by Crippen LogP contribution is -2.18. The van der Waals surface area contributed by atoms with Crippen LogP contribution in [0, 0.1) is 0 Å². The van der Waals surface area contributed by atoms with E-state index in [2.05, 4.69) is 66.1 Å². The Labute approximate surface area is 88.9 Å². The number of halogens is 1. The molecule has 1 aromatic carbocycles. The average molecular weight is 242 g/mol. The fourth-order valence-electron chi connectivity index (χ4n) is 1.44. The second kappa shape index (κ2) is 4.77. The van der Waals surface area contributed by atoms with Crippen LogP contribution in [0.2, 0.25) is 0 Å². The normalized spacial score (nSPS) is 13.3. The van der Waals surface area contributed by atoms with Crippen LogP contribution in [0.3, 0.4) is 0 Å². The molecule has 0 N–H and O–H groups in total. The minimum atomic E-state index is 0.600. The first-order valence-corrected chi connectivity index (χ1v) is 5.29. The molecule has 1 rings (SSSR count). The van der Waals surface area contributed by atoms with E-state index in [9.17, 15) is 0 Å². The quantitative estimate of drug-likeness (QED) is 0.787. The minimum Gasteiger partial charge on any atom is -0.309 e. The Morgan fingerprint density at radius 2 is 1.77 bits per heavy atom. The van der Waals surface area contributed by atoms with Gasteiger partial charge in [-0.15, -0.1) is 0 Å². The highest BCUT2D eigenvalue weighted by Crippen LogP contribution is 2.18. The third-order valence-electron chi connectivity index (χ3n) is 2.08. The zero-order valence-electron chi connectivity index (χ0n) is 8.42. The molecule has 1 nitrogen and oxygen atoms in total. The van der Waals surface area contributed by atoms with Gasteiger partial charge in [0.05, 0.1) is 0 Å². The van der Waals surface area contributed by atoms with E-state index < -0.39 is 0 Å². The summed E-state index contributed by atoms with van der Waals surface area (Å²) in [6.45, 7) is 3.35. The molecule has 0 fully saturated rings. The lowest BCUT2D eigenvalue weighted by atomic mass is 10.0. The third-order valence-corrected chi connectivity index (χ3v) is 2.61. The Bertz CT molecular complexity index is 253. The molecule has 1 atom stereocenters. The summed E-state index contributed by atoms with van der Waals surface area (Å²) in [5, 5.41) is 0. The first-order valence-electron chi connectivity index (χ1n) is 4.50. The second-order valence-electron chi connectivity index (χ2n) is 3.71. The van der Waals surface area contributed by atoms with Gasteiger partial charge in [-0.3, -0.25) is 0 Å². The maximum absolute atomic E-state index is 3.43. The van der Waals surface area contributed by atoms with Gasteiger partial charge < -0.3 is 4.90 Å². The average Bonchev–Trinajstić information content (AvgIpc) is 2.04. The van der Waals surface area contributed by atoms with Gasteiger partial charge >= 0.3 is 0 Å². The van der Waals surface area contributed by atoms with Crippen LogP contribution >= 0.6 is 15.9 Å². The minimum absolute atomic E-state index is 0.600. The van der Waals surface area contributed by atoms with Crippen molar-refractivity contribution in [3.63, 3.8) is 0 Å². The first-order chi connectivity index (χ1) is 6.09. The van der Waals surface area contributed by atoms with E-state index in [1.165, 1.54) is 5.56 Å². The molecule has 0 aromatic heterocycles. The Morgan fingerprint density at radius 3 is 2.23 bits per heavy atom. The first kappa shape index (κ1) is 10.7. The van der Waals surface area contributed by atoms with Gasteiger partial charge in [-0.05, 0) is 37.7 Å². The molecule has 0 amide bonds. The van der Waals surface area contributed by atoms with E-state index in [1.807, 2.05) is 0 Å². The van der Waals surface area contributed by atoms with E-state index >= 15 is 0 Å². The van der Waals surface area contributed by atoms with Crippen LogP contribution in [-0.4, -0.2) is 25.5 Å². The summed E-state index contributed by atoms with van der Waals surface area (Å²) in [7, 11) is 4.21. The summed E-state index contributed by atoms with van der Waals surface area (Å²) in [6.07, 6.45) is 0. The van der Waals surface area contributed by atoms with Crippen molar-refractivity contribution < 1.29 is 0 Å². The molecule has 0 aliphatic carbocycles. The fourth-order valence-corrected chi connectivity index (χ4v) is 1.71. The molecule has 0 heterocycles. The Hall–Kier alpha value is -0.340. The largest absolute Gasteiger partial charge is 0.309 e. The van der Waals surface area contributed by atoms with Crippen molar-refractivity contribution in [2.24, 2.45) is 0 Å². The fraction of sp³-hybridized carbons (Fsp3) is 0.455. The summed E-state index contributed by atoms with van der Waals surface area (Å²) < 4.78 is 1.15. The number of nitrogens with zero attached hydrogens (tertiary/aromatic N) is 1. The van der Waals surface area contributed by atoms with Gasteiger partial charge in [0.1, 0.15) is 0 Å². The predicted octanol–water partition coefficient (Wildman–Crippen LogP) is 3.11. The van der Waals surface area contributed by atoms with Gasteiger partial charge in [-0.2, -0.15) is 0 Å². The summed E-state index contributed by atoms with van der Waals surface area (Å²) in [6, 6.07) is 8.56. The van der Waals surface area contributed by atoms with Gasteiger partial charge in [0, 0.05) is 11.0 Å². The van der Waals surface area contributed by atoms with Crippen molar-refractivity contribution in [3.05, 3.63) is 34.3 Å². The van der Waals surface area contributed by atoms with Gasteiger partial charge in [0.2, 0.25) is 0 Å². The second-order valence-corrected chi connectivity index (χ2v) is 4.63. The molecule has 1 aromatic rings. The highest BCUT2D eigenvalue weighted by molar-refractivity contribution is 9.10. The lowest BCUT2D eigenvalue weighted by molar-refractivity contribution is 0.383. The molecule has 0 bridgehead atoms. The van der Waals surface area contributed by atoms with Gasteiger partial charge in [0.25, 0.3) is 0 Å². The summed E-state index contributed by atoms with van der Waals surface area (Å²) in [4.78, 5) is 2.21. The van der Waals surface area contributed by atoms with Crippen LogP contribution in [0.1, 0.15) is 18.4 Å². The lowest BCUT2D eigenvalue weighted by Gasteiger charge is -2.17. The molecular weight excluding hydrogens is 226 g/mol. The van der Waals surface area contributed by atoms with Crippen molar-refractivity contribution >= 4 is 15.9 Å². The SMILES string of the molecule is C[C@H](CN(C)C)c1ccc(Br)cc1. The third kappa shape index (κ3) is 3.49. The molecule has 0 aliphatic rings. The van der Waals surface area contributed by atoms with Crippen molar-refractivity contribution in [3.8, 4) is 0 Å². The van der Waals surface area contributed by atoms with Gasteiger partial charge in [0.15, 0.2) is 0 Å². The predicted molar refractivity (Wildman–Crippen MR) is 61.1 cm³/mol. The number of likely N-dealkylation sites (N-methyl/N-ethyl adjacent to an activating group) is 1. The molecule has 0 aliphatic heterocycles. The standard InChI is InChI=1S/C11H16BrN/c1-9(8-13(2)3)10-4-6-11(12)7-5-10/h4-7,9H,8H2,1-3H3/t9-/m1/s1. The van der Waals surface area contributed by atoms with Crippen LogP contribution in [0.15, 0.2) is 28.7 Å². The van der Waals surface area contributed by atoms with E-state index in [4.69, 9.17) is 0 Å². The van der Waals surface area contributed by atoms with Crippen LogP contribution in [0.5, 0.6) is 0 Å². The van der Waals surface area contributed by atoms with Crippen LogP contribution in [-0.2, 0) is 0 Å². The smallest absolute Gasteiger partial charge is 0.0175 e. The van der Waals surface area contributed by atoms with Gasteiger partial charge in [-0.25, -0.2) is 0 Å². The van der Waals surface area contributed by atoms with Crippen molar-refractivity contribution in [1.82, 2.24) is 4.90 Å². The zero-order valence-corrected chi connectivity index (χ0v) is 10.0. The van der Waals surface area contributed by atoms with Crippen molar-refractivity contribution in [2.45, 2.75) is 12.8 Å². The van der Waals surface area contributed by atoms with Crippen molar-refractivity contribution in [2.75, 3.05) is 20.6 Å². The number of benzene rings is 1. The van der Waals surface area contributed by atoms with E-state index in [0.29, 0.717) is 5.92 Å². The van der Waals surface area contributed by atoms with Crippen LogP contribution < -0.4 is 0 Å². The Morgan fingerprint density at radius 1 is 1.23 bits per heavy atom. The molecule has 13 heavy (non-hydrogen) atoms. The molecule has 0 spiro atoms. The molecule has 0 unspecified atom stereocenters. The highest BCUT2D eigenvalue weighted by Gasteiger charge is 2.05. The molecule has 0 saturated heterocycles. The number of hydrogen-bond acceptors (Lipinski definition) is 1. The van der Waals surface area contributed by atoms with Crippen molar-refractivity contribution in [1.29, 1.82) is 0 Å². The zero-order chi connectivity index (χ0) is 9.84. The molecule has 0 saturated carbocycles. The molecule has 72 valence electrons. The van der Waals surface area contributed by atoms with Crippen LogP contribution in [0.4, 0.5) is 0 Å². The molecular formula is C11H16BrN. The number of hydrogen-bond donors (Lipinski definition) is 0. The maximum atomic E-state index is 3.43. The summed E-state index contributed by atoms with van der Waals surface area (Å²) in [5.41, 5.74) is 1.40. The van der Waals surface area contributed by atoms with E-state index in [1.54, 1.807) is 0 Å². The number of rotatable bonds is 3. The monoisotopic (exact) mass is 241 g/mol. The maximum Gasteiger partial charge on any atom is 0.0175 e. The topological polar surface area (TPSA) is 3.24 Å². The van der Waals surface area contributed by atoms with E-state index in [0.717, 1.165) is 11.0 Å². The molecule has 0 radical (unpaired) electrons. The Kier molecular flexibility index (Phi) is 3.94. The van der Waals surface area contributed by atoms with Crippen LogP contribution in [0.25, 0.3) is 0 Å². The molecule has 2 heteroatoms. The Balaban J connectivity index is 2.66. The van der Waals surface area contributed by atoms with Gasteiger partial charge in [-0.1, -0.05) is 35.0 Å². The van der Waals surface area contributed by atoms with E-state index in [-0.39, 0.29) is 0 Å².